The number of anilines is 1. The zero-order valence-electron chi connectivity index (χ0n) is 19.0. The fraction of sp³-hybridized carbons (Fsp3) is 0.167. The third-order valence-electron chi connectivity index (χ3n) is 5.86. The van der Waals surface area contributed by atoms with Gasteiger partial charge >= 0.3 is 17.4 Å². The first-order chi connectivity index (χ1) is 16.8. The Hall–Kier alpha value is -4.25. The Morgan fingerprint density at radius 2 is 1.97 bits per heavy atom. The smallest absolute Gasteiger partial charge is 0.325 e. The lowest BCUT2D eigenvalue weighted by atomic mass is 10.0. The van der Waals surface area contributed by atoms with Crippen LogP contribution in [-0.4, -0.2) is 27.2 Å². The number of furan rings is 1. The van der Waals surface area contributed by atoms with Gasteiger partial charge in [0.25, 0.3) is 5.69 Å². The third kappa shape index (κ3) is 3.69. The van der Waals surface area contributed by atoms with Crippen LogP contribution in [0.25, 0.3) is 22.6 Å². The molecule has 0 radical (unpaired) electrons. The Balaban J connectivity index is 1.71. The molecule has 1 aliphatic heterocycles. The molecule has 0 spiro atoms. The van der Waals surface area contributed by atoms with Gasteiger partial charge in [-0.15, -0.1) is 0 Å². The summed E-state index contributed by atoms with van der Waals surface area (Å²) >= 11 is 1.28. The lowest BCUT2D eigenvalue weighted by molar-refractivity contribution is -0.764. The molecule has 0 unspecified atom stereocenters. The molecule has 2 aromatic carbocycles. The molecule has 3 heterocycles. The largest absolute Gasteiger partial charge is 0.452 e. The molecule has 4 aromatic rings. The first-order valence-electron chi connectivity index (χ1n) is 10.6. The summed E-state index contributed by atoms with van der Waals surface area (Å²) < 4.78 is 7.73. The number of amides is 1. The van der Waals surface area contributed by atoms with Crippen LogP contribution >= 0.6 is 11.8 Å². The van der Waals surface area contributed by atoms with Gasteiger partial charge in [-0.2, -0.15) is 0 Å². The van der Waals surface area contributed by atoms with Crippen molar-refractivity contribution in [3.8, 4) is 22.6 Å². The number of H-pyrrole nitrogens is 1. The number of carbonyl (C=O) groups is 1. The fourth-order valence-electron chi connectivity index (χ4n) is 4.34. The number of aromatic amines is 1. The molecule has 0 aliphatic carbocycles. The van der Waals surface area contributed by atoms with Gasteiger partial charge in [0.1, 0.15) is 5.76 Å². The van der Waals surface area contributed by atoms with E-state index >= 15 is 0 Å². The van der Waals surface area contributed by atoms with Crippen molar-refractivity contribution in [2.45, 2.75) is 25.2 Å². The van der Waals surface area contributed by atoms with Gasteiger partial charge in [-0.05, 0) is 53.8 Å². The van der Waals surface area contributed by atoms with Gasteiger partial charge in [0.15, 0.2) is 5.76 Å². The number of non-ortho nitro benzene ring substituents is 1. The van der Waals surface area contributed by atoms with E-state index in [0.717, 1.165) is 0 Å². The number of aryl methyl sites for hydroxylation is 1. The van der Waals surface area contributed by atoms with Crippen LogP contribution in [0.2, 0.25) is 0 Å². The highest BCUT2D eigenvalue weighted by molar-refractivity contribution is 7.98. The summed E-state index contributed by atoms with van der Waals surface area (Å²) in [6.45, 7) is 3.21. The molecule has 11 heteroatoms. The number of nitro benzene ring substituents is 1. The molecular formula is C24H20N5O5S+. The van der Waals surface area contributed by atoms with Gasteiger partial charge in [0.05, 0.1) is 16.2 Å². The Labute approximate surface area is 203 Å². The summed E-state index contributed by atoms with van der Waals surface area (Å²) in [6.07, 6.45) is 0.944. The number of hydrogen-bond donors (Lipinski definition) is 1. The van der Waals surface area contributed by atoms with E-state index in [0.29, 0.717) is 44.7 Å². The van der Waals surface area contributed by atoms with Crippen LogP contribution in [0.5, 0.6) is 0 Å². The van der Waals surface area contributed by atoms with Crippen LogP contribution in [0.1, 0.15) is 24.4 Å². The van der Waals surface area contributed by atoms with Crippen LogP contribution in [0.15, 0.2) is 69.0 Å². The molecule has 5 rings (SSSR count). The average Bonchev–Trinajstić information content (AvgIpc) is 3.31. The highest BCUT2D eigenvalue weighted by Gasteiger charge is 2.46. The standard InChI is InChI=1S/C24H19N5O5S/c1-13-12-15(29(32)33)8-9-16(13)19-10-11-20(34-19)23-27(14(2)30)18-7-5-4-6-17(18)21-22(31)25-24(35-3)26-28(21)23/h4-12,23H,1-3H3/p+1/t23-/m0/s1. The number of nitrogens with one attached hydrogen (secondary N) is 1. The minimum atomic E-state index is -0.849. The van der Waals surface area contributed by atoms with Crippen molar-refractivity contribution in [1.82, 2.24) is 10.1 Å². The minimum absolute atomic E-state index is 0.0119. The van der Waals surface area contributed by atoms with Crippen molar-refractivity contribution >= 4 is 29.0 Å². The van der Waals surface area contributed by atoms with E-state index in [1.54, 1.807) is 60.5 Å². The fourth-order valence-corrected chi connectivity index (χ4v) is 4.70. The zero-order chi connectivity index (χ0) is 24.9. The normalized spacial score (nSPS) is 14.4. The molecule has 1 N–H and O–H groups in total. The Morgan fingerprint density at radius 3 is 2.66 bits per heavy atom. The molecular weight excluding hydrogens is 470 g/mol. The number of hydrogen-bond acceptors (Lipinski definition) is 7. The number of aromatic nitrogens is 3. The van der Waals surface area contributed by atoms with Crippen molar-refractivity contribution in [3.05, 3.63) is 86.4 Å². The molecule has 1 atom stereocenters. The second-order valence-corrected chi connectivity index (χ2v) is 8.79. The Morgan fingerprint density at radius 1 is 1.20 bits per heavy atom. The number of fused-ring (bicyclic) bond motifs is 3. The maximum atomic E-state index is 13.1. The van der Waals surface area contributed by atoms with Crippen LogP contribution in [0, 0.1) is 17.0 Å². The first kappa shape index (κ1) is 22.5. The number of rotatable bonds is 4. The minimum Gasteiger partial charge on any atom is -0.452 e. The Bertz CT molecular complexity index is 1560. The number of carbonyl (C=O) groups excluding carboxylic acids is 1. The number of thioether (sulfide) groups is 1. The van der Waals surface area contributed by atoms with Gasteiger partial charge in [0, 0.05) is 29.7 Å². The van der Waals surface area contributed by atoms with Crippen molar-refractivity contribution in [2.24, 2.45) is 0 Å². The number of nitro groups is 1. The van der Waals surface area contributed by atoms with Crippen molar-refractivity contribution in [1.29, 1.82) is 0 Å². The summed E-state index contributed by atoms with van der Waals surface area (Å²) in [7, 11) is 0. The highest BCUT2D eigenvalue weighted by Crippen LogP contribution is 2.39. The summed E-state index contributed by atoms with van der Waals surface area (Å²) in [6, 6.07) is 15.1. The van der Waals surface area contributed by atoms with Gasteiger partial charge in [-0.1, -0.05) is 23.9 Å². The van der Waals surface area contributed by atoms with Gasteiger partial charge < -0.3 is 4.42 Å². The second-order valence-electron chi connectivity index (χ2n) is 7.99. The quantitative estimate of drug-likeness (QED) is 0.199. The SMILES string of the molecule is CSc1n[n+]2c(c(=O)[nH]1)-c1ccccc1N(C(C)=O)[C@@H]2c1ccc(-c2ccc([N+](=O)[O-])cc2C)o1. The van der Waals surface area contributed by atoms with Crippen LogP contribution in [0.4, 0.5) is 11.4 Å². The van der Waals surface area contributed by atoms with Crippen LogP contribution < -0.4 is 15.1 Å². The van der Waals surface area contributed by atoms with Gasteiger partial charge in [0.2, 0.25) is 11.1 Å². The van der Waals surface area contributed by atoms with E-state index < -0.39 is 11.1 Å². The lowest BCUT2D eigenvalue weighted by Gasteiger charge is -2.29. The van der Waals surface area contributed by atoms with E-state index in [1.807, 2.05) is 0 Å². The van der Waals surface area contributed by atoms with E-state index in [1.165, 1.54) is 35.5 Å². The summed E-state index contributed by atoms with van der Waals surface area (Å²) in [5.41, 5.74) is 2.47. The average molecular weight is 491 g/mol. The van der Waals surface area contributed by atoms with Gasteiger partial charge in [-0.25, -0.2) is 4.90 Å². The molecule has 0 bridgehead atoms. The lowest BCUT2D eigenvalue weighted by Crippen LogP contribution is -2.60. The molecule has 176 valence electrons. The maximum absolute atomic E-state index is 13.1. The van der Waals surface area contributed by atoms with Gasteiger partial charge in [-0.3, -0.25) is 24.7 Å². The van der Waals surface area contributed by atoms with Crippen molar-refractivity contribution < 1.29 is 18.8 Å². The predicted octanol–water partition coefficient (Wildman–Crippen LogP) is 3.84. The van der Waals surface area contributed by atoms with Crippen molar-refractivity contribution in [3.63, 3.8) is 0 Å². The highest BCUT2D eigenvalue weighted by atomic mass is 32.2. The molecule has 0 saturated carbocycles. The van der Waals surface area contributed by atoms with E-state index in [-0.39, 0.29) is 17.2 Å². The molecule has 1 aliphatic rings. The molecule has 10 nitrogen and oxygen atoms in total. The summed E-state index contributed by atoms with van der Waals surface area (Å²) in [5.74, 6) is 0.614. The monoisotopic (exact) mass is 490 g/mol. The molecule has 1 amide bonds. The summed E-state index contributed by atoms with van der Waals surface area (Å²) in [4.78, 5) is 41.0. The zero-order valence-corrected chi connectivity index (χ0v) is 19.8. The number of nitrogens with zero attached hydrogens (tertiary/aromatic N) is 4. The van der Waals surface area contributed by atoms with E-state index in [2.05, 4.69) is 10.1 Å². The Kier molecular flexibility index (Phi) is 5.48. The topological polar surface area (TPSA) is 126 Å². The molecule has 35 heavy (non-hydrogen) atoms. The predicted molar refractivity (Wildman–Crippen MR) is 129 cm³/mol. The van der Waals surface area contributed by atoms with Crippen molar-refractivity contribution in [2.75, 3.05) is 11.2 Å². The van der Waals surface area contributed by atoms with E-state index in [4.69, 9.17) is 4.42 Å². The number of para-hydroxylation sites is 1. The number of benzene rings is 2. The third-order valence-corrected chi connectivity index (χ3v) is 6.43. The first-order valence-corrected chi connectivity index (χ1v) is 11.9. The molecule has 0 fully saturated rings. The maximum Gasteiger partial charge on any atom is 0.325 e. The summed E-state index contributed by atoms with van der Waals surface area (Å²) in [5, 5.41) is 16.1. The van der Waals surface area contributed by atoms with Crippen LogP contribution in [-0.2, 0) is 4.79 Å². The second kappa shape index (κ2) is 8.51. The molecule has 2 aromatic heterocycles. The molecule has 0 saturated heterocycles. The van der Waals surface area contributed by atoms with E-state index in [9.17, 15) is 19.7 Å². The van der Waals surface area contributed by atoms with Crippen LogP contribution in [0.3, 0.4) is 0 Å².